The van der Waals surface area contributed by atoms with E-state index in [9.17, 15) is 9.59 Å². The van der Waals surface area contributed by atoms with Crippen molar-refractivity contribution in [2.75, 3.05) is 32.7 Å². The Morgan fingerprint density at radius 2 is 2.20 bits per heavy atom. The summed E-state index contributed by atoms with van der Waals surface area (Å²) in [5.74, 6) is 5.23. The molecule has 1 heterocycles. The van der Waals surface area contributed by atoms with Crippen molar-refractivity contribution in [3.63, 3.8) is 0 Å². The largest absolute Gasteiger partial charge is 0.487 e. The van der Waals surface area contributed by atoms with Crippen LogP contribution in [-0.2, 0) is 4.74 Å². The molecule has 20 heavy (non-hydrogen) atoms. The van der Waals surface area contributed by atoms with E-state index >= 15 is 0 Å². The minimum Gasteiger partial charge on any atom is -0.487 e. The normalized spacial score (nSPS) is 10.3. The van der Waals surface area contributed by atoms with Crippen LogP contribution in [0, 0.1) is 0 Å². The first-order chi connectivity index (χ1) is 9.61. The van der Waals surface area contributed by atoms with Gasteiger partial charge in [-0.3, -0.25) is 14.3 Å². The minimum absolute atomic E-state index is 0.0154. The first-order valence-corrected chi connectivity index (χ1v) is 6.52. The molecule has 0 saturated heterocycles. The Balaban J connectivity index is 2.94. The molecule has 0 aliphatic rings. The Hall–Kier alpha value is -2.02. The number of nitrogens with two attached hydrogens (primary N) is 1. The van der Waals surface area contributed by atoms with Gasteiger partial charge in [0.2, 0.25) is 5.43 Å². The summed E-state index contributed by atoms with van der Waals surface area (Å²) >= 11 is 0. The third kappa shape index (κ3) is 4.27. The Kier molecular flexibility index (Phi) is 6.58. The van der Waals surface area contributed by atoms with Crippen LogP contribution in [0.2, 0.25) is 0 Å². The molecule has 112 valence electrons. The molecule has 0 aromatic carbocycles. The molecule has 0 unspecified atom stereocenters. The van der Waals surface area contributed by atoms with E-state index in [-0.39, 0.29) is 16.9 Å². The highest BCUT2D eigenvalue weighted by atomic mass is 16.5. The van der Waals surface area contributed by atoms with Gasteiger partial charge < -0.3 is 20.6 Å². The van der Waals surface area contributed by atoms with Gasteiger partial charge >= 0.3 is 0 Å². The van der Waals surface area contributed by atoms with Gasteiger partial charge in [-0.05, 0) is 6.42 Å². The van der Waals surface area contributed by atoms with Gasteiger partial charge in [-0.15, -0.1) is 0 Å². The number of amides is 1. The van der Waals surface area contributed by atoms with Crippen molar-refractivity contribution in [2.45, 2.75) is 19.8 Å². The molecule has 0 atom stereocenters. The summed E-state index contributed by atoms with van der Waals surface area (Å²) in [6.07, 6.45) is 3.06. The summed E-state index contributed by atoms with van der Waals surface area (Å²) in [5.41, 5.74) is -0.343. The maximum atomic E-state index is 12.1. The van der Waals surface area contributed by atoms with E-state index in [1.54, 1.807) is 0 Å². The summed E-state index contributed by atoms with van der Waals surface area (Å²) in [5, 5.41) is 2.62. The number of pyridine rings is 1. The standard InChI is InChI=1S/C13H21N3O4/c1-3-4-8-20-12-10(17)5-7-16(14)11(12)13(18)15-6-9-19-2/h5,7H,3-4,6,8-9,14H2,1-2H3,(H,15,18). The van der Waals surface area contributed by atoms with Gasteiger partial charge in [-0.2, -0.15) is 0 Å². The summed E-state index contributed by atoms with van der Waals surface area (Å²) in [6, 6.07) is 1.27. The zero-order chi connectivity index (χ0) is 15.0. The SMILES string of the molecule is CCCCOc1c(C(=O)NCCOC)n(N)ccc1=O. The van der Waals surface area contributed by atoms with E-state index in [0.717, 1.165) is 17.5 Å². The maximum absolute atomic E-state index is 12.1. The monoisotopic (exact) mass is 283 g/mol. The van der Waals surface area contributed by atoms with Gasteiger partial charge in [0.25, 0.3) is 5.91 Å². The highest BCUT2D eigenvalue weighted by Gasteiger charge is 2.18. The van der Waals surface area contributed by atoms with Gasteiger partial charge in [0.05, 0.1) is 13.2 Å². The Morgan fingerprint density at radius 3 is 2.85 bits per heavy atom. The van der Waals surface area contributed by atoms with Gasteiger partial charge in [-0.1, -0.05) is 13.3 Å². The van der Waals surface area contributed by atoms with Crippen molar-refractivity contribution in [2.24, 2.45) is 0 Å². The third-order valence-corrected chi connectivity index (χ3v) is 2.63. The lowest BCUT2D eigenvalue weighted by Crippen LogP contribution is -2.34. The number of methoxy groups -OCH3 is 1. The Morgan fingerprint density at radius 1 is 1.45 bits per heavy atom. The Bertz CT molecular complexity index is 499. The molecule has 3 N–H and O–H groups in total. The van der Waals surface area contributed by atoms with Crippen LogP contribution in [-0.4, -0.2) is 37.5 Å². The predicted molar refractivity (Wildman–Crippen MR) is 75.5 cm³/mol. The summed E-state index contributed by atoms with van der Waals surface area (Å²) in [7, 11) is 1.53. The lowest BCUT2D eigenvalue weighted by Gasteiger charge is -2.13. The molecule has 0 fully saturated rings. The number of nitrogen functional groups attached to an aromatic ring is 1. The first-order valence-electron chi connectivity index (χ1n) is 6.52. The molecule has 1 aromatic rings. The number of aromatic nitrogens is 1. The van der Waals surface area contributed by atoms with Crippen LogP contribution in [0.15, 0.2) is 17.1 Å². The van der Waals surface area contributed by atoms with Crippen LogP contribution < -0.4 is 21.3 Å². The summed E-state index contributed by atoms with van der Waals surface area (Å²) in [4.78, 5) is 23.9. The van der Waals surface area contributed by atoms with E-state index in [1.165, 1.54) is 19.4 Å². The second kappa shape index (κ2) is 8.21. The molecule has 7 heteroatoms. The predicted octanol–water partition coefficient (Wildman–Crippen LogP) is 0.117. The number of nitrogens with one attached hydrogen (secondary N) is 1. The van der Waals surface area contributed by atoms with E-state index in [0.29, 0.717) is 19.8 Å². The fraction of sp³-hybridized carbons (Fsp3) is 0.538. The smallest absolute Gasteiger partial charge is 0.273 e. The third-order valence-electron chi connectivity index (χ3n) is 2.63. The molecule has 1 amide bonds. The van der Waals surface area contributed by atoms with Crippen molar-refractivity contribution >= 4 is 5.91 Å². The van der Waals surface area contributed by atoms with Gasteiger partial charge in [0.15, 0.2) is 11.4 Å². The lowest BCUT2D eigenvalue weighted by atomic mass is 10.3. The van der Waals surface area contributed by atoms with Crippen molar-refractivity contribution in [1.82, 2.24) is 9.99 Å². The molecular formula is C13H21N3O4. The molecule has 0 saturated carbocycles. The molecule has 0 aliphatic heterocycles. The second-order valence-electron chi connectivity index (χ2n) is 4.22. The number of carbonyl (C=O) groups excluding carboxylic acids is 1. The maximum Gasteiger partial charge on any atom is 0.273 e. The van der Waals surface area contributed by atoms with Crippen LogP contribution in [0.5, 0.6) is 5.75 Å². The van der Waals surface area contributed by atoms with Crippen LogP contribution in [0.3, 0.4) is 0 Å². The molecule has 0 aliphatic carbocycles. The highest BCUT2D eigenvalue weighted by molar-refractivity contribution is 5.95. The molecule has 1 aromatic heterocycles. The Labute approximate surface area is 117 Å². The van der Waals surface area contributed by atoms with Crippen molar-refractivity contribution in [1.29, 1.82) is 0 Å². The lowest BCUT2D eigenvalue weighted by molar-refractivity contribution is 0.0923. The number of rotatable bonds is 8. The van der Waals surface area contributed by atoms with Crippen LogP contribution in [0.25, 0.3) is 0 Å². The topological polar surface area (TPSA) is 95.6 Å². The highest BCUT2D eigenvalue weighted by Crippen LogP contribution is 2.12. The summed E-state index contributed by atoms with van der Waals surface area (Å²) in [6.45, 7) is 3.08. The van der Waals surface area contributed by atoms with E-state index in [2.05, 4.69) is 5.32 Å². The van der Waals surface area contributed by atoms with Gasteiger partial charge in [-0.25, -0.2) is 0 Å². The number of ether oxygens (including phenoxy) is 2. The van der Waals surface area contributed by atoms with Gasteiger partial charge in [0, 0.05) is 25.9 Å². The molecule has 0 bridgehead atoms. The quantitative estimate of drug-likeness (QED) is 0.522. The molecule has 7 nitrogen and oxygen atoms in total. The molecular weight excluding hydrogens is 262 g/mol. The minimum atomic E-state index is -0.464. The number of carbonyl (C=O) groups is 1. The number of hydrogen-bond acceptors (Lipinski definition) is 5. The second-order valence-corrected chi connectivity index (χ2v) is 4.22. The average molecular weight is 283 g/mol. The molecule has 1 rings (SSSR count). The zero-order valence-electron chi connectivity index (χ0n) is 11.8. The molecule has 0 spiro atoms. The number of nitrogens with zero attached hydrogens (tertiary/aromatic N) is 1. The van der Waals surface area contributed by atoms with E-state index in [1.807, 2.05) is 6.92 Å². The van der Waals surface area contributed by atoms with Crippen LogP contribution in [0.1, 0.15) is 30.3 Å². The van der Waals surface area contributed by atoms with E-state index < -0.39 is 5.91 Å². The zero-order valence-corrected chi connectivity index (χ0v) is 11.8. The number of hydrogen-bond donors (Lipinski definition) is 2. The van der Waals surface area contributed by atoms with E-state index in [4.69, 9.17) is 15.3 Å². The summed E-state index contributed by atoms with van der Waals surface area (Å²) < 4.78 is 11.3. The van der Waals surface area contributed by atoms with Gasteiger partial charge in [0.1, 0.15) is 0 Å². The molecule has 0 radical (unpaired) electrons. The fourth-order valence-electron chi connectivity index (χ4n) is 1.56. The van der Waals surface area contributed by atoms with Crippen molar-refractivity contribution in [3.05, 3.63) is 28.2 Å². The van der Waals surface area contributed by atoms with Crippen LogP contribution >= 0.6 is 0 Å². The van der Waals surface area contributed by atoms with Crippen LogP contribution in [0.4, 0.5) is 0 Å². The average Bonchev–Trinajstić information content (AvgIpc) is 2.43. The van der Waals surface area contributed by atoms with Crippen molar-refractivity contribution in [3.8, 4) is 5.75 Å². The number of unbranched alkanes of at least 4 members (excludes halogenated alkanes) is 1. The fourth-order valence-corrected chi connectivity index (χ4v) is 1.56. The van der Waals surface area contributed by atoms with Crippen molar-refractivity contribution < 1.29 is 14.3 Å². The first kappa shape index (κ1) is 16.0.